The molecule has 1 aliphatic rings. The summed E-state index contributed by atoms with van der Waals surface area (Å²) >= 11 is 7.68. The first-order chi connectivity index (χ1) is 8.20. The number of likely N-dealkylation sites (tertiary alicyclic amines) is 1. The maximum Gasteiger partial charge on any atom is 0.0931 e. The van der Waals surface area contributed by atoms with E-state index in [1.807, 2.05) is 6.07 Å². The summed E-state index contributed by atoms with van der Waals surface area (Å²) in [5.74, 6) is 0.852. The summed E-state index contributed by atoms with van der Waals surface area (Å²) in [4.78, 5) is 3.85. The highest BCUT2D eigenvalue weighted by molar-refractivity contribution is 7.16. The van der Waals surface area contributed by atoms with E-state index < -0.39 is 0 Å². The molecule has 2 rings (SSSR count). The third-order valence-electron chi connectivity index (χ3n) is 3.64. The van der Waals surface area contributed by atoms with E-state index in [4.69, 9.17) is 17.3 Å². The fourth-order valence-electron chi connectivity index (χ4n) is 2.55. The molecular formula is C13H21ClN2S. The lowest BCUT2D eigenvalue weighted by Gasteiger charge is -2.28. The van der Waals surface area contributed by atoms with Gasteiger partial charge < -0.3 is 5.73 Å². The molecule has 0 amide bonds. The Morgan fingerprint density at radius 2 is 2.29 bits per heavy atom. The predicted molar refractivity (Wildman–Crippen MR) is 75.7 cm³/mol. The van der Waals surface area contributed by atoms with Crippen LogP contribution in [0, 0.1) is 5.92 Å². The molecule has 0 radical (unpaired) electrons. The molecule has 17 heavy (non-hydrogen) atoms. The van der Waals surface area contributed by atoms with Crippen LogP contribution in [0.1, 0.15) is 37.1 Å². The third-order valence-corrected chi connectivity index (χ3v) is 4.97. The van der Waals surface area contributed by atoms with E-state index in [9.17, 15) is 0 Å². The Labute approximate surface area is 113 Å². The lowest BCUT2D eigenvalue weighted by Crippen LogP contribution is -2.34. The summed E-state index contributed by atoms with van der Waals surface area (Å²) in [7, 11) is 0. The fraction of sp³-hybridized carbons (Fsp3) is 0.692. The second kappa shape index (κ2) is 6.19. The van der Waals surface area contributed by atoms with E-state index in [-0.39, 0.29) is 0 Å². The van der Waals surface area contributed by atoms with Gasteiger partial charge in [0.05, 0.1) is 10.4 Å². The van der Waals surface area contributed by atoms with Crippen LogP contribution < -0.4 is 5.73 Å². The van der Waals surface area contributed by atoms with Gasteiger partial charge in [-0.1, -0.05) is 18.5 Å². The van der Waals surface area contributed by atoms with E-state index in [1.54, 1.807) is 11.3 Å². The lowest BCUT2D eigenvalue weighted by atomic mass is 10.0. The summed E-state index contributed by atoms with van der Waals surface area (Å²) in [5.41, 5.74) is 5.95. The summed E-state index contributed by atoms with van der Waals surface area (Å²) in [6, 6.07) is 4.46. The smallest absolute Gasteiger partial charge is 0.0931 e. The molecule has 0 bridgehead atoms. The lowest BCUT2D eigenvalue weighted by molar-refractivity contribution is 0.210. The fourth-order valence-corrected chi connectivity index (χ4v) is 3.76. The molecular weight excluding hydrogens is 252 g/mol. The molecule has 1 aromatic rings. The first-order valence-corrected chi connectivity index (χ1v) is 7.59. The molecule has 2 atom stereocenters. The number of hydrogen-bond acceptors (Lipinski definition) is 3. The SMILES string of the molecule is CC1CCCN(C(CN)c2ccc(Cl)s2)CC1. The van der Waals surface area contributed by atoms with E-state index in [2.05, 4.69) is 17.9 Å². The number of rotatable bonds is 3. The van der Waals surface area contributed by atoms with Crippen LogP contribution in [0.3, 0.4) is 0 Å². The van der Waals surface area contributed by atoms with Crippen LogP contribution in [-0.4, -0.2) is 24.5 Å². The standard InChI is InChI=1S/C13H21ClN2S/c1-10-3-2-7-16(8-6-10)11(9-15)12-4-5-13(14)17-12/h4-5,10-11H,2-3,6-9,15H2,1H3. The van der Waals surface area contributed by atoms with E-state index in [0.717, 1.165) is 10.3 Å². The van der Waals surface area contributed by atoms with E-state index in [1.165, 1.54) is 37.2 Å². The van der Waals surface area contributed by atoms with Crippen LogP contribution in [0.4, 0.5) is 0 Å². The molecule has 1 saturated heterocycles. The van der Waals surface area contributed by atoms with Gasteiger partial charge in [-0.25, -0.2) is 0 Å². The quantitative estimate of drug-likeness (QED) is 0.912. The number of thiophene rings is 1. The highest BCUT2D eigenvalue weighted by Crippen LogP contribution is 2.31. The molecule has 0 aliphatic carbocycles. The van der Waals surface area contributed by atoms with Crippen molar-refractivity contribution in [2.45, 2.75) is 32.2 Å². The molecule has 2 N–H and O–H groups in total. The first kappa shape index (κ1) is 13.3. The molecule has 1 aromatic heterocycles. The van der Waals surface area contributed by atoms with Crippen molar-refractivity contribution in [1.82, 2.24) is 4.90 Å². The molecule has 0 saturated carbocycles. The summed E-state index contributed by atoms with van der Waals surface area (Å²) in [6.07, 6.45) is 3.92. The molecule has 0 aromatic carbocycles. The topological polar surface area (TPSA) is 29.3 Å². The Bertz CT molecular complexity index is 353. The Morgan fingerprint density at radius 1 is 1.47 bits per heavy atom. The number of halogens is 1. The molecule has 1 fully saturated rings. The van der Waals surface area contributed by atoms with Gasteiger partial charge in [-0.2, -0.15) is 0 Å². The average molecular weight is 273 g/mol. The van der Waals surface area contributed by atoms with Gasteiger partial charge in [0.25, 0.3) is 0 Å². The van der Waals surface area contributed by atoms with Crippen LogP contribution in [0.15, 0.2) is 12.1 Å². The van der Waals surface area contributed by atoms with Crippen molar-refractivity contribution in [3.8, 4) is 0 Å². The molecule has 0 spiro atoms. The van der Waals surface area contributed by atoms with Crippen molar-refractivity contribution >= 4 is 22.9 Å². The van der Waals surface area contributed by atoms with Gasteiger partial charge in [0.2, 0.25) is 0 Å². The number of nitrogens with two attached hydrogens (primary N) is 1. The molecule has 2 nitrogen and oxygen atoms in total. The van der Waals surface area contributed by atoms with Gasteiger partial charge in [0, 0.05) is 11.4 Å². The van der Waals surface area contributed by atoms with E-state index in [0.29, 0.717) is 12.6 Å². The average Bonchev–Trinajstić information content (AvgIpc) is 2.61. The Kier molecular flexibility index (Phi) is 4.86. The van der Waals surface area contributed by atoms with Gasteiger partial charge in [-0.3, -0.25) is 4.90 Å². The minimum Gasteiger partial charge on any atom is -0.329 e. The Morgan fingerprint density at radius 3 is 2.94 bits per heavy atom. The zero-order valence-corrected chi connectivity index (χ0v) is 11.9. The molecule has 96 valence electrons. The minimum absolute atomic E-state index is 0.359. The number of nitrogens with zero attached hydrogens (tertiary/aromatic N) is 1. The van der Waals surface area contributed by atoms with Crippen molar-refractivity contribution in [3.63, 3.8) is 0 Å². The van der Waals surface area contributed by atoms with Crippen LogP contribution in [0.2, 0.25) is 4.34 Å². The van der Waals surface area contributed by atoms with Crippen LogP contribution in [-0.2, 0) is 0 Å². The van der Waals surface area contributed by atoms with Gasteiger partial charge in [0.1, 0.15) is 0 Å². The largest absolute Gasteiger partial charge is 0.329 e. The zero-order chi connectivity index (χ0) is 12.3. The maximum atomic E-state index is 6.01. The maximum absolute atomic E-state index is 6.01. The Balaban J connectivity index is 2.07. The zero-order valence-electron chi connectivity index (χ0n) is 10.4. The van der Waals surface area contributed by atoms with Gasteiger partial charge in [0.15, 0.2) is 0 Å². The highest BCUT2D eigenvalue weighted by atomic mass is 35.5. The summed E-state index contributed by atoms with van der Waals surface area (Å²) in [5, 5.41) is 0. The predicted octanol–water partition coefficient (Wildman–Crippen LogP) is 3.52. The van der Waals surface area contributed by atoms with Crippen molar-refractivity contribution in [2.75, 3.05) is 19.6 Å². The van der Waals surface area contributed by atoms with Crippen molar-refractivity contribution in [2.24, 2.45) is 11.7 Å². The monoisotopic (exact) mass is 272 g/mol. The molecule has 2 unspecified atom stereocenters. The van der Waals surface area contributed by atoms with Crippen LogP contribution in [0.5, 0.6) is 0 Å². The van der Waals surface area contributed by atoms with Crippen molar-refractivity contribution in [3.05, 3.63) is 21.3 Å². The third kappa shape index (κ3) is 3.44. The number of hydrogen-bond donors (Lipinski definition) is 1. The van der Waals surface area contributed by atoms with Gasteiger partial charge >= 0.3 is 0 Å². The van der Waals surface area contributed by atoms with Crippen molar-refractivity contribution in [1.29, 1.82) is 0 Å². The van der Waals surface area contributed by atoms with Gasteiger partial charge in [-0.05, 0) is 50.4 Å². The summed E-state index contributed by atoms with van der Waals surface area (Å²) < 4.78 is 0.863. The van der Waals surface area contributed by atoms with Crippen LogP contribution in [0.25, 0.3) is 0 Å². The van der Waals surface area contributed by atoms with Crippen molar-refractivity contribution < 1.29 is 0 Å². The Hall–Kier alpha value is -0.0900. The minimum atomic E-state index is 0.359. The second-order valence-electron chi connectivity index (χ2n) is 4.97. The highest BCUT2D eigenvalue weighted by Gasteiger charge is 2.23. The van der Waals surface area contributed by atoms with Gasteiger partial charge in [-0.15, -0.1) is 11.3 Å². The molecule has 1 aliphatic heterocycles. The summed E-state index contributed by atoms with van der Waals surface area (Å²) in [6.45, 7) is 5.37. The van der Waals surface area contributed by atoms with E-state index >= 15 is 0 Å². The molecule has 4 heteroatoms. The molecule has 2 heterocycles. The second-order valence-corrected chi connectivity index (χ2v) is 6.71. The first-order valence-electron chi connectivity index (χ1n) is 6.40. The van der Waals surface area contributed by atoms with Crippen LogP contribution >= 0.6 is 22.9 Å². The normalized spacial score (nSPS) is 24.5.